The number of imidazole rings is 1. The number of ether oxygens (including phenoxy) is 1. The Kier molecular flexibility index (Phi) is 3.90. The summed E-state index contributed by atoms with van der Waals surface area (Å²) in [5, 5.41) is 3.51. The molecule has 1 saturated carbocycles. The Morgan fingerprint density at radius 2 is 2.04 bits per heavy atom. The lowest BCUT2D eigenvalue weighted by Gasteiger charge is -2.22. The van der Waals surface area contributed by atoms with Crippen LogP contribution in [0.4, 0.5) is 5.82 Å². The van der Waals surface area contributed by atoms with Crippen molar-refractivity contribution in [3.8, 4) is 0 Å². The van der Waals surface area contributed by atoms with Crippen LogP contribution in [-0.4, -0.2) is 32.1 Å². The molecular weight excluding hydrogens is 290 g/mol. The van der Waals surface area contributed by atoms with Gasteiger partial charge in [0.05, 0.1) is 25.1 Å². The molecule has 1 aromatic carbocycles. The minimum Gasteiger partial charge on any atom is -0.371 e. The molecule has 1 aliphatic carbocycles. The number of H-pyrrole nitrogens is 1. The molecule has 4 rings (SSSR count). The summed E-state index contributed by atoms with van der Waals surface area (Å²) in [6.45, 7) is 0.646. The Morgan fingerprint density at radius 1 is 1.13 bits per heavy atom. The van der Waals surface area contributed by atoms with E-state index < -0.39 is 0 Å². The molecule has 3 aromatic rings. The van der Waals surface area contributed by atoms with Crippen molar-refractivity contribution < 1.29 is 4.74 Å². The molecule has 0 spiro atoms. The number of aromatic amines is 1. The van der Waals surface area contributed by atoms with Gasteiger partial charge >= 0.3 is 0 Å². The van der Waals surface area contributed by atoms with Crippen LogP contribution >= 0.6 is 0 Å². The van der Waals surface area contributed by atoms with Crippen LogP contribution < -0.4 is 5.32 Å². The third-order valence-corrected chi connectivity index (χ3v) is 4.30. The highest BCUT2D eigenvalue weighted by Gasteiger charge is 2.28. The number of aromatic nitrogens is 4. The second-order valence-electron chi connectivity index (χ2n) is 5.84. The molecular formula is C17H19N5O. The van der Waals surface area contributed by atoms with Gasteiger partial charge in [-0.25, -0.2) is 15.0 Å². The van der Waals surface area contributed by atoms with Gasteiger partial charge in [0.15, 0.2) is 11.5 Å². The van der Waals surface area contributed by atoms with Crippen molar-refractivity contribution in [2.24, 2.45) is 0 Å². The maximum Gasteiger partial charge on any atom is 0.182 e. The molecule has 0 radical (unpaired) electrons. The van der Waals surface area contributed by atoms with Gasteiger partial charge in [0.1, 0.15) is 11.8 Å². The van der Waals surface area contributed by atoms with Gasteiger partial charge in [0.25, 0.3) is 0 Å². The normalized spacial score (nSPS) is 20.9. The zero-order chi connectivity index (χ0) is 15.5. The molecule has 1 aliphatic rings. The molecule has 118 valence electrons. The van der Waals surface area contributed by atoms with Crippen LogP contribution in [0, 0.1) is 0 Å². The largest absolute Gasteiger partial charge is 0.371 e. The van der Waals surface area contributed by atoms with Crippen molar-refractivity contribution in [1.29, 1.82) is 0 Å². The predicted octanol–water partition coefficient (Wildman–Crippen LogP) is 2.90. The molecule has 2 atom stereocenters. The average Bonchev–Trinajstić information content (AvgIpc) is 3.23. The first kappa shape index (κ1) is 14.1. The maximum atomic E-state index is 6.14. The van der Waals surface area contributed by atoms with E-state index in [1.54, 1.807) is 12.7 Å². The monoisotopic (exact) mass is 309 g/mol. The lowest BCUT2D eigenvalue weighted by atomic mass is 10.2. The third-order valence-electron chi connectivity index (χ3n) is 4.30. The summed E-state index contributed by atoms with van der Waals surface area (Å²) in [6.07, 6.45) is 6.70. The van der Waals surface area contributed by atoms with E-state index in [0.717, 1.165) is 30.6 Å². The fourth-order valence-electron chi connectivity index (χ4n) is 3.12. The number of hydrogen-bond donors (Lipinski definition) is 2. The molecule has 6 heteroatoms. The fraction of sp³-hybridized carbons (Fsp3) is 0.353. The fourth-order valence-corrected chi connectivity index (χ4v) is 3.12. The van der Waals surface area contributed by atoms with E-state index in [9.17, 15) is 0 Å². The topological polar surface area (TPSA) is 75.7 Å². The summed E-state index contributed by atoms with van der Waals surface area (Å²) in [5.41, 5.74) is 2.74. The molecule has 2 N–H and O–H groups in total. The van der Waals surface area contributed by atoms with E-state index in [4.69, 9.17) is 4.74 Å². The molecule has 0 saturated heterocycles. The van der Waals surface area contributed by atoms with Crippen LogP contribution in [0.15, 0.2) is 43.0 Å². The van der Waals surface area contributed by atoms with Crippen LogP contribution in [0.5, 0.6) is 0 Å². The SMILES string of the molecule is c1ccc(CO[C@H]2CCC[C@H]2Nc2ncnc3nc[nH]c23)cc1. The molecule has 0 amide bonds. The Hall–Kier alpha value is -2.47. The van der Waals surface area contributed by atoms with Crippen LogP contribution in [0.1, 0.15) is 24.8 Å². The van der Waals surface area contributed by atoms with E-state index >= 15 is 0 Å². The van der Waals surface area contributed by atoms with Gasteiger partial charge < -0.3 is 15.0 Å². The number of hydrogen-bond acceptors (Lipinski definition) is 5. The zero-order valence-corrected chi connectivity index (χ0v) is 12.8. The molecule has 0 bridgehead atoms. The van der Waals surface area contributed by atoms with Gasteiger partial charge in [-0.15, -0.1) is 0 Å². The van der Waals surface area contributed by atoms with Crippen molar-refractivity contribution in [2.75, 3.05) is 5.32 Å². The third kappa shape index (κ3) is 3.03. The van der Waals surface area contributed by atoms with Crippen molar-refractivity contribution in [1.82, 2.24) is 19.9 Å². The van der Waals surface area contributed by atoms with Gasteiger partial charge in [-0.05, 0) is 24.8 Å². The van der Waals surface area contributed by atoms with Gasteiger partial charge in [0.2, 0.25) is 0 Å². The van der Waals surface area contributed by atoms with Crippen LogP contribution in [0.2, 0.25) is 0 Å². The van der Waals surface area contributed by atoms with Crippen LogP contribution in [-0.2, 0) is 11.3 Å². The Bertz CT molecular complexity index is 773. The number of nitrogens with zero attached hydrogens (tertiary/aromatic N) is 3. The smallest absolute Gasteiger partial charge is 0.182 e. The molecule has 2 heterocycles. The minimum atomic E-state index is 0.197. The number of anilines is 1. The lowest BCUT2D eigenvalue weighted by Crippen LogP contribution is -2.31. The summed E-state index contributed by atoms with van der Waals surface area (Å²) in [4.78, 5) is 15.8. The first-order valence-electron chi connectivity index (χ1n) is 7.96. The zero-order valence-electron chi connectivity index (χ0n) is 12.8. The highest BCUT2D eigenvalue weighted by Crippen LogP contribution is 2.27. The van der Waals surface area contributed by atoms with Crippen molar-refractivity contribution in [3.05, 3.63) is 48.5 Å². The number of rotatable bonds is 5. The van der Waals surface area contributed by atoms with Crippen LogP contribution in [0.3, 0.4) is 0 Å². The lowest BCUT2D eigenvalue weighted by molar-refractivity contribution is 0.0394. The minimum absolute atomic E-state index is 0.197. The summed E-state index contributed by atoms with van der Waals surface area (Å²) >= 11 is 0. The Balaban J connectivity index is 1.44. The first-order chi connectivity index (χ1) is 11.4. The number of nitrogens with one attached hydrogen (secondary N) is 2. The standard InChI is InChI=1S/C17H19N5O/c1-2-5-12(6-3-1)9-23-14-8-4-7-13(14)22-17-15-16(19-10-18-15)20-11-21-17/h1-3,5-6,10-11,13-14H,4,7-9H2,(H2,18,19,20,21,22)/t13-,14+/m1/s1. The Labute approximate surface area is 134 Å². The van der Waals surface area contributed by atoms with Gasteiger partial charge in [-0.2, -0.15) is 0 Å². The van der Waals surface area contributed by atoms with Gasteiger partial charge in [-0.3, -0.25) is 0 Å². The second-order valence-corrected chi connectivity index (χ2v) is 5.84. The van der Waals surface area contributed by atoms with E-state index in [1.165, 1.54) is 5.56 Å². The second kappa shape index (κ2) is 6.34. The Morgan fingerprint density at radius 3 is 2.96 bits per heavy atom. The van der Waals surface area contributed by atoms with Gasteiger partial charge in [0, 0.05) is 0 Å². The summed E-state index contributed by atoms with van der Waals surface area (Å²) in [5.74, 6) is 0.799. The van der Waals surface area contributed by atoms with E-state index in [-0.39, 0.29) is 12.1 Å². The van der Waals surface area contributed by atoms with Crippen molar-refractivity contribution in [2.45, 2.75) is 38.0 Å². The molecule has 0 unspecified atom stereocenters. The molecule has 2 aromatic heterocycles. The highest BCUT2D eigenvalue weighted by molar-refractivity contribution is 5.82. The number of benzene rings is 1. The van der Waals surface area contributed by atoms with E-state index in [2.05, 4.69) is 37.4 Å². The van der Waals surface area contributed by atoms with Crippen molar-refractivity contribution >= 4 is 17.0 Å². The quantitative estimate of drug-likeness (QED) is 0.758. The highest BCUT2D eigenvalue weighted by atomic mass is 16.5. The molecule has 23 heavy (non-hydrogen) atoms. The van der Waals surface area contributed by atoms with Gasteiger partial charge in [-0.1, -0.05) is 30.3 Å². The van der Waals surface area contributed by atoms with E-state index in [1.807, 2.05) is 18.2 Å². The van der Waals surface area contributed by atoms with E-state index in [0.29, 0.717) is 12.3 Å². The summed E-state index contributed by atoms with van der Waals surface area (Å²) in [6, 6.07) is 10.6. The molecule has 6 nitrogen and oxygen atoms in total. The number of fused-ring (bicyclic) bond motifs is 1. The first-order valence-corrected chi connectivity index (χ1v) is 7.96. The van der Waals surface area contributed by atoms with Crippen molar-refractivity contribution in [3.63, 3.8) is 0 Å². The maximum absolute atomic E-state index is 6.14. The molecule has 1 fully saturated rings. The van der Waals surface area contributed by atoms with Crippen LogP contribution in [0.25, 0.3) is 11.2 Å². The average molecular weight is 309 g/mol. The summed E-state index contributed by atoms with van der Waals surface area (Å²) < 4.78 is 6.14. The predicted molar refractivity (Wildman–Crippen MR) is 88.0 cm³/mol. The summed E-state index contributed by atoms with van der Waals surface area (Å²) in [7, 11) is 0. The molecule has 0 aliphatic heterocycles.